The molecule has 0 radical (unpaired) electrons. The summed E-state index contributed by atoms with van der Waals surface area (Å²) in [6, 6.07) is 5.60. The molecule has 1 N–H and O–H groups in total. The van der Waals surface area contributed by atoms with Crippen molar-refractivity contribution >= 4 is 23.0 Å². The van der Waals surface area contributed by atoms with E-state index in [0.29, 0.717) is 17.6 Å². The van der Waals surface area contributed by atoms with E-state index in [-0.39, 0.29) is 15.6 Å². The first kappa shape index (κ1) is 12.7. The Labute approximate surface area is 116 Å². The molecule has 2 aliphatic rings. The van der Waals surface area contributed by atoms with Gasteiger partial charge in [-0.3, -0.25) is 10.1 Å². The third kappa shape index (κ3) is 2.28. The lowest BCUT2D eigenvalue weighted by Crippen LogP contribution is -2.40. The second-order valence-electron chi connectivity index (χ2n) is 5.23. The van der Waals surface area contributed by atoms with Crippen molar-refractivity contribution in [3.63, 3.8) is 0 Å². The van der Waals surface area contributed by atoms with Gasteiger partial charge in [0.25, 0.3) is 0 Å². The van der Waals surface area contributed by atoms with E-state index in [2.05, 4.69) is 10.2 Å². The summed E-state index contributed by atoms with van der Waals surface area (Å²) in [5.41, 5.74) is 0.677. The largest absolute Gasteiger partial charge is 0.364 e. The number of halogens is 1. The van der Waals surface area contributed by atoms with Crippen LogP contribution in [0.3, 0.4) is 0 Å². The third-order valence-electron chi connectivity index (χ3n) is 4.09. The van der Waals surface area contributed by atoms with Crippen molar-refractivity contribution < 1.29 is 4.92 Å². The minimum Gasteiger partial charge on any atom is -0.364 e. The van der Waals surface area contributed by atoms with Gasteiger partial charge < -0.3 is 10.2 Å². The zero-order valence-corrected chi connectivity index (χ0v) is 11.3. The van der Waals surface area contributed by atoms with Gasteiger partial charge in [0.1, 0.15) is 10.7 Å². The first-order valence-electron chi connectivity index (χ1n) is 6.58. The van der Waals surface area contributed by atoms with Gasteiger partial charge in [-0.05, 0) is 37.4 Å². The Bertz CT molecular complexity index is 495. The normalized spacial score (nSPS) is 26.3. The fraction of sp³-hybridized carbons (Fsp3) is 0.538. The molecule has 5 nitrogen and oxygen atoms in total. The maximum absolute atomic E-state index is 11.2. The van der Waals surface area contributed by atoms with Crippen molar-refractivity contribution in [3.05, 3.63) is 33.3 Å². The van der Waals surface area contributed by atoms with Crippen molar-refractivity contribution in [2.24, 2.45) is 5.92 Å². The second-order valence-corrected chi connectivity index (χ2v) is 5.64. The molecule has 0 saturated carbocycles. The smallest absolute Gasteiger partial charge is 0.310 e. The minimum absolute atomic E-state index is 0.0304. The monoisotopic (exact) mass is 281 g/mol. The van der Waals surface area contributed by atoms with Gasteiger partial charge in [-0.25, -0.2) is 0 Å². The third-order valence-corrected chi connectivity index (χ3v) is 4.39. The maximum atomic E-state index is 11.2. The van der Waals surface area contributed by atoms with E-state index in [1.807, 2.05) is 0 Å². The van der Waals surface area contributed by atoms with Crippen molar-refractivity contribution in [2.75, 3.05) is 24.5 Å². The maximum Gasteiger partial charge on any atom is 0.310 e. The van der Waals surface area contributed by atoms with E-state index in [1.54, 1.807) is 18.2 Å². The molecule has 2 atom stereocenters. The average molecular weight is 282 g/mol. The van der Waals surface area contributed by atoms with Crippen LogP contribution in [0.4, 0.5) is 11.4 Å². The Kier molecular flexibility index (Phi) is 3.33. The number of fused-ring (bicyclic) bond motifs is 1. The van der Waals surface area contributed by atoms with Gasteiger partial charge in [0, 0.05) is 19.1 Å². The molecule has 0 aromatic heterocycles. The van der Waals surface area contributed by atoms with Crippen LogP contribution < -0.4 is 10.2 Å². The van der Waals surface area contributed by atoms with Gasteiger partial charge in [-0.1, -0.05) is 17.7 Å². The van der Waals surface area contributed by atoms with Gasteiger partial charge in [-0.15, -0.1) is 0 Å². The Balaban J connectivity index is 1.91. The number of piperidine rings is 1. The summed E-state index contributed by atoms with van der Waals surface area (Å²) in [5, 5.41) is 14.9. The predicted octanol–water partition coefficient (Wildman–Crippen LogP) is 2.44. The molecule has 0 bridgehead atoms. The van der Waals surface area contributed by atoms with Gasteiger partial charge in [0.15, 0.2) is 0 Å². The lowest BCUT2D eigenvalue weighted by molar-refractivity contribution is -0.384. The number of nitro groups is 1. The average Bonchev–Trinajstić information content (AvgIpc) is 2.81. The zero-order valence-electron chi connectivity index (χ0n) is 10.5. The molecule has 0 aliphatic carbocycles. The van der Waals surface area contributed by atoms with Crippen LogP contribution in [0.5, 0.6) is 0 Å². The Morgan fingerprint density at radius 2 is 2.26 bits per heavy atom. The SMILES string of the molecule is O=[N+]([O-])c1c(Cl)cccc1N1C[C@@H]2CCCN[C@@H]2C1. The fourth-order valence-corrected chi connectivity index (χ4v) is 3.42. The highest BCUT2D eigenvalue weighted by Crippen LogP contribution is 2.38. The molecule has 2 heterocycles. The first-order chi connectivity index (χ1) is 9.16. The van der Waals surface area contributed by atoms with Crippen LogP contribution in [0.15, 0.2) is 18.2 Å². The van der Waals surface area contributed by atoms with Crippen LogP contribution in [-0.4, -0.2) is 30.6 Å². The van der Waals surface area contributed by atoms with Crippen LogP contribution in [0.2, 0.25) is 5.02 Å². The molecule has 0 amide bonds. The second kappa shape index (κ2) is 4.98. The number of nitrogens with zero attached hydrogens (tertiary/aromatic N) is 2. The molecule has 19 heavy (non-hydrogen) atoms. The molecule has 3 rings (SSSR count). The Morgan fingerprint density at radius 3 is 3.00 bits per heavy atom. The van der Waals surface area contributed by atoms with Gasteiger partial charge in [0.2, 0.25) is 0 Å². The summed E-state index contributed by atoms with van der Waals surface area (Å²) >= 11 is 5.97. The van der Waals surface area contributed by atoms with Crippen LogP contribution in [0.1, 0.15) is 12.8 Å². The highest BCUT2D eigenvalue weighted by molar-refractivity contribution is 6.33. The number of hydrogen-bond donors (Lipinski definition) is 1. The zero-order chi connectivity index (χ0) is 13.4. The highest BCUT2D eigenvalue weighted by Gasteiger charge is 2.36. The molecular formula is C13H16ClN3O2. The van der Waals surface area contributed by atoms with E-state index < -0.39 is 0 Å². The topological polar surface area (TPSA) is 58.4 Å². The summed E-state index contributed by atoms with van der Waals surface area (Å²) < 4.78 is 0. The standard InChI is InChI=1S/C13H16ClN3O2/c14-10-4-1-5-12(13(10)17(18)19)16-7-9-3-2-6-15-11(9)8-16/h1,4-5,9,11,15H,2-3,6-8H2/t9-,11+/m0/s1. The first-order valence-corrected chi connectivity index (χ1v) is 6.96. The molecule has 1 aromatic carbocycles. The number of nitro benzene ring substituents is 1. The summed E-state index contributed by atoms with van der Waals surface area (Å²) in [7, 11) is 0. The molecule has 0 unspecified atom stereocenters. The lowest BCUT2D eigenvalue weighted by atomic mass is 9.94. The molecule has 2 fully saturated rings. The molecule has 2 saturated heterocycles. The van der Waals surface area contributed by atoms with Crippen molar-refractivity contribution in [3.8, 4) is 0 Å². The summed E-state index contributed by atoms with van der Waals surface area (Å²) in [4.78, 5) is 12.9. The molecule has 6 heteroatoms. The summed E-state index contributed by atoms with van der Waals surface area (Å²) in [5.74, 6) is 0.590. The highest BCUT2D eigenvalue weighted by atomic mass is 35.5. The molecule has 0 spiro atoms. The molecule has 102 valence electrons. The lowest BCUT2D eigenvalue weighted by Gasteiger charge is -2.24. The van der Waals surface area contributed by atoms with E-state index in [1.165, 1.54) is 12.8 Å². The van der Waals surface area contributed by atoms with Gasteiger partial charge >= 0.3 is 5.69 Å². The molecule has 2 aliphatic heterocycles. The molecular weight excluding hydrogens is 266 g/mol. The van der Waals surface area contributed by atoms with Crippen LogP contribution in [0, 0.1) is 16.0 Å². The number of para-hydroxylation sites is 1. The Hall–Kier alpha value is -1.33. The van der Waals surface area contributed by atoms with Crippen LogP contribution in [-0.2, 0) is 0 Å². The van der Waals surface area contributed by atoms with Crippen molar-refractivity contribution in [1.29, 1.82) is 0 Å². The van der Waals surface area contributed by atoms with Crippen LogP contribution >= 0.6 is 11.6 Å². The summed E-state index contributed by atoms with van der Waals surface area (Å²) in [6.07, 6.45) is 2.38. The number of hydrogen-bond acceptors (Lipinski definition) is 4. The van der Waals surface area contributed by atoms with Gasteiger partial charge in [0.05, 0.1) is 4.92 Å². The summed E-state index contributed by atoms with van der Waals surface area (Å²) in [6.45, 7) is 2.75. The number of benzene rings is 1. The number of nitrogens with one attached hydrogen (secondary N) is 1. The van der Waals surface area contributed by atoms with Crippen molar-refractivity contribution in [1.82, 2.24) is 5.32 Å². The van der Waals surface area contributed by atoms with E-state index in [9.17, 15) is 10.1 Å². The molecule has 1 aromatic rings. The number of anilines is 1. The van der Waals surface area contributed by atoms with E-state index in [0.717, 1.165) is 19.6 Å². The van der Waals surface area contributed by atoms with Crippen molar-refractivity contribution in [2.45, 2.75) is 18.9 Å². The van der Waals surface area contributed by atoms with E-state index in [4.69, 9.17) is 11.6 Å². The number of rotatable bonds is 2. The fourth-order valence-electron chi connectivity index (χ4n) is 3.18. The quantitative estimate of drug-likeness (QED) is 0.668. The van der Waals surface area contributed by atoms with E-state index >= 15 is 0 Å². The Morgan fingerprint density at radius 1 is 1.42 bits per heavy atom. The minimum atomic E-state index is -0.382. The predicted molar refractivity (Wildman–Crippen MR) is 74.8 cm³/mol. The van der Waals surface area contributed by atoms with Crippen LogP contribution in [0.25, 0.3) is 0 Å². The van der Waals surface area contributed by atoms with Gasteiger partial charge in [-0.2, -0.15) is 0 Å².